The van der Waals surface area contributed by atoms with Crippen LogP contribution in [0.4, 0.5) is 0 Å². The first-order valence-electron chi connectivity index (χ1n) is 7.74. The molecule has 22 heavy (non-hydrogen) atoms. The van der Waals surface area contributed by atoms with Gasteiger partial charge in [-0.05, 0) is 12.5 Å². The molecule has 1 aliphatic rings. The lowest BCUT2D eigenvalue weighted by atomic mass is 10.2. The summed E-state index contributed by atoms with van der Waals surface area (Å²) in [5.74, 6) is 1.01. The van der Waals surface area contributed by atoms with Crippen LogP contribution in [0.25, 0.3) is 0 Å². The van der Waals surface area contributed by atoms with Crippen LogP contribution in [0.15, 0.2) is 48.0 Å². The molecule has 0 radical (unpaired) electrons. The Hall–Kier alpha value is -1.08. The average molecular weight is 414 g/mol. The minimum atomic E-state index is 0. The highest BCUT2D eigenvalue weighted by Gasteiger charge is 2.19. The van der Waals surface area contributed by atoms with Gasteiger partial charge >= 0.3 is 0 Å². The zero-order valence-electron chi connectivity index (χ0n) is 13.4. The Kier molecular flexibility index (Phi) is 9.15. The summed E-state index contributed by atoms with van der Waals surface area (Å²) in [6.07, 6.45) is 1.84. The second kappa shape index (κ2) is 10.6. The molecule has 1 saturated heterocycles. The quantitative estimate of drug-likeness (QED) is 0.348. The normalized spacial score (nSPS) is 16.0. The second-order valence-corrected chi connectivity index (χ2v) is 5.23. The van der Waals surface area contributed by atoms with Crippen molar-refractivity contribution in [1.82, 2.24) is 15.1 Å². The number of guanidine groups is 1. The highest BCUT2D eigenvalue weighted by Crippen LogP contribution is 2.08. The monoisotopic (exact) mass is 414 g/mol. The number of nitrogens with zero attached hydrogens (tertiary/aromatic N) is 3. The smallest absolute Gasteiger partial charge is 0.194 e. The Morgan fingerprint density at radius 3 is 2.50 bits per heavy atom. The number of halogens is 1. The molecule has 1 fully saturated rings. The van der Waals surface area contributed by atoms with Crippen molar-refractivity contribution in [3.63, 3.8) is 0 Å². The van der Waals surface area contributed by atoms with Gasteiger partial charge in [-0.2, -0.15) is 0 Å². The fourth-order valence-electron chi connectivity index (χ4n) is 2.54. The summed E-state index contributed by atoms with van der Waals surface area (Å²) in [5.41, 5.74) is 1.39. The molecule has 1 heterocycles. The van der Waals surface area contributed by atoms with Gasteiger partial charge in [0.25, 0.3) is 0 Å². The molecule has 122 valence electrons. The molecule has 5 heteroatoms. The van der Waals surface area contributed by atoms with E-state index in [0.717, 1.165) is 45.2 Å². The third-order valence-corrected chi connectivity index (χ3v) is 3.63. The Morgan fingerprint density at radius 2 is 1.91 bits per heavy atom. The van der Waals surface area contributed by atoms with Crippen molar-refractivity contribution in [2.24, 2.45) is 4.99 Å². The van der Waals surface area contributed by atoms with Crippen molar-refractivity contribution < 1.29 is 0 Å². The molecular weight excluding hydrogens is 387 g/mol. The van der Waals surface area contributed by atoms with E-state index in [2.05, 4.69) is 63.9 Å². The van der Waals surface area contributed by atoms with Gasteiger partial charge in [0.2, 0.25) is 0 Å². The predicted molar refractivity (Wildman–Crippen MR) is 105 cm³/mol. The van der Waals surface area contributed by atoms with E-state index in [0.29, 0.717) is 6.54 Å². The molecule has 4 nitrogen and oxygen atoms in total. The molecule has 0 aliphatic carbocycles. The first kappa shape index (κ1) is 19.0. The van der Waals surface area contributed by atoms with Crippen LogP contribution in [0.2, 0.25) is 0 Å². The number of rotatable bonds is 5. The highest BCUT2D eigenvalue weighted by atomic mass is 127. The van der Waals surface area contributed by atoms with E-state index in [9.17, 15) is 0 Å². The van der Waals surface area contributed by atoms with Gasteiger partial charge in [-0.15, -0.1) is 30.6 Å². The van der Waals surface area contributed by atoms with Crippen LogP contribution in [-0.4, -0.2) is 55.0 Å². The largest absolute Gasteiger partial charge is 0.357 e. The molecule has 1 aliphatic heterocycles. The van der Waals surface area contributed by atoms with Crippen LogP contribution < -0.4 is 5.32 Å². The third kappa shape index (κ3) is 5.96. The fraction of sp³-hybridized carbons (Fsp3) is 0.471. The number of nitrogens with one attached hydrogen (secondary N) is 1. The van der Waals surface area contributed by atoms with Crippen LogP contribution >= 0.6 is 24.0 Å². The summed E-state index contributed by atoms with van der Waals surface area (Å²) in [6.45, 7) is 12.7. The van der Waals surface area contributed by atoms with Crippen molar-refractivity contribution in [1.29, 1.82) is 0 Å². The van der Waals surface area contributed by atoms with Gasteiger partial charge in [-0.1, -0.05) is 36.4 Å². The van der Waals surface area contributed by atoms with Crippen molar-refractivity contribution in [3.05, 3.63) is 48.6 Å². The summed E-state index contributed by atoms with van der Waals surface area (Å²) < 4.78 is 0. The topological polar surface area (TPSA) is 30.9 Å². The van der Waals surface area contributed by atoms with E-state index >= 15 is 0 Å². The molecule has 0 unspecified atom stereocenters. The van der Waals surface area contributed by atoms with Gasteiger partial charge in [0.15, 0.2) is 5.96 Å². The molecular formula is C17H27IN4. The lowest BCUT2D eigenvalue weighted by molar-refractivity contribution is 0.172. The molecule has 0 aromatic heterocycles. The summed E-state index contributed by atoms with van der Waals surface area (Å²) in [5, 5.41) is 3.36. The summed E-state index contributed by atoms with van der Waals surface area (Å²) in [4.78, 5) is 9.40. The standard InChI is InChI=1S/C17H26N4.HI/c1-3-10-19-17(18-4-2)21-13-11-20(12-14-21)15-16-8-6-5-7-9-16;/h3,5-9H,1,4,10-15H2,2H3,(H,18,19);1H. The number of benzene rings is 1. The Morgan fingerprint density at radius 1 is 1.23 bits per heavy atom. The van der Waals surface area contributed by atoms with Gasteiger partial charge in [0.05, 0.1) is 6.54 Å². The molecule has 0 spiro atoms. The van der Waals surface area contributed by atoms with E-state index in [1.165, 1.54) is 5.56 Å². The fourth-order valence-corrected chi connectivity index (χ4v) is 2.54. The van der Waals surface area contributed by atoms with E-state index < -0.39 is 0 Å². The number of hydrogen-bond donors (Lipinski definition) is 1. The molecule has 0 amide bonds. The highest BCUT2D eigenvalue weighted by molar-refractivity contribution is 14.0. The molecule has 0 atom stereocenters. The maximum absolute atomic E-state index is 4.56. The van der Waals surface area contributed by atoms with Crippen LogP contribution in [0, 0.1) is 0 Å². The lowest BCUT2D eigenvalue weighted by Gasteiger charge is -2.36. The zero-order valence-corrected chi connectivity index (χ0v) is 15.7. The van der Waals surface area contributed by atoms with Crippen molar-refractivity contribution in [2.45, 2.75) is 13.5 Å². The van der Waals surface area contributed by atoms with E-state index in [-0.39, 0.29) is 24.0 Å². The minimum absolute atomic E-state index is 0. The van der Waals surface area contributed by atoms with Gasteiger partial charge < -0.3 is 10.2 Å². The van der Waals surface area contributed by atoms with E-state index in [1.807, 2.05) is 6.08 Å². The number of piperazine rings is 1. The number of aliphatic imine (C=N–C) groups is 1. The summed E-state index contributed by atoms with van der Waals surface area (Å²) in [7, 11) is 0. The van der Waals surface area contributed by atoms with Gasteiger partial charge in [0.1, 0.15) is 0 Å². The predicted octanol–water partition coefficient (Wildman–Crippen LogP) is 2.57. The second-order valence-electron chi connectivity index (χ2n) is 5.23. The van der Waals surface area contributed by atoms with Crippen LogP contribution in [0.5, 0.6) is 0 Å². The van der Waals surface area contributed by atoms with Crippen molar-refractivity contribution in [2.75, 3.05) is 39.3 Å². The number of hydrogen-bond acceptors (Lipinski definition) is 2. The molecule has 1 aromatic carbocycles. The van der Waals surface area contributed by atoms with E-state index in [4.69, 9.17) is 0 Å². The SMILES string of the molecule is C=CCN=C(NCC)N1CCN(Cc2ccccc2)CC1.I. The summed E-state index contributed by atoms with van der Waals surface area (Å²) in [6, 6.07) is 10.7. The molecule has 1 aromatic rings. The first-order chi connectivity index (χ1) is 10.3. The zero-order chi connectivity index (χ0) is 14.9. The maximum atomic E-state index is 4.56. The Bertz CT molecular complexity index is 453. The molecule has 1 N–H and O–H groups in total. The van der Waals surface area contributed by atoms with E-state index in [1.54, 1.807) is 0 Å². The van der Waals surface area contributed by atoms with Crippen molar-refractivity contribution in [3.8, 4) is 0 Å². The first-order valence-corrected chi connectivity index (χ1v) is 7.74. The third-order valence-electron chi connectivity index (χ3n) is 3.63. The van der Waals surface area contributed by atoms with Gasteiger partial charge in [-0.3, -0.25) is 4.90 Å². The van der Waals surface area contributed by atoms with Crippen LogP contribution in [-0.2, 0) is 6.54 Å². The van der Waals surface area contributed by atoms with Gasteiger partial charge in [-0.25, -0.2) is 4.99 Å². The molecule has 0 saturated carbocycles. The lowest BCUT2D eigenvalue weighted by Crippen LogP contribution is -2.52. The minimum Gasteiger partial charge on any atom is -0.357 e. The Balaban J connectivity index is 0.00000242. The van der Waals surface area contributed by atoms with Crippen LogP contribution in [0.3, 0.4) is 0 Å². The Labute approximate surface area is 151 Å². The van der Waals surface area contributed by atoms with Gasteiger partial charge in [0, 0.05) is 39.3 Å². The average Bonchev–Trinajstić information content (AvgIpc) is 2.53. The van der Waals surface area contributed by atoms with Crippen LogP contribution in [0.1, 0.15) is 12.5 Å². The molecule has 2 rings (SSSR count). The maximum Gasteiger partial charge on any atom is 0.194 e. The molecule has 0 bridgehead atoms. The summed E-state index contributed by atoms with van der Waals surface area (Å²) >= 11 is 0. The van der Waals surface area contributed by atoms with Crippen molar-refractivity contribution >= 4 is 29.9 Å².